The van der Waals surface area contributed by atoms with Gasteiger partial charge in [0, 0.05) is 18.7 Å². The molecule has 0 aliphatic carbocycles. The number of nitrogens with zero attached hydrogens (tertiary/aromatic N) is 3. The fourth-order valence-electron chi connectivity index (χ4n) is 1.86. The number of thioether (sulfide) groups is 1. The fraction of sp³-hybridized carbons (Fsp3) is 0.286. The Kier molecular flexibility index (Phi) is 6.63. The second-order valence-corrected chi connectivity index (χ2v) is 5.71. The average molecular weight is 325 g/mol. The molecule has 1 aliphatic heterocycles. The van der Waals surface area contributed by atoms with Crippen LogP contribution in [0, 0.1) is 11.3 Å². The van der Waals surface area contributed by atoms with Crippen LogP contribution in [0.2, 0.25) is 0 Å². The maximum Gasteiger partial charge on any atom is 1.00 e. The molecule has 1 aromatic carbocycles. The first-order valence-corrected chi connectivity index (χ1v) is 7.05. The number of rotatable bonds is 2. The van der Waals surface area contributed by atoms with Gasteiger partial charge in [-0.3, -0.25) is 4.79 Å². The van der Waals surface area contributed by atoms with Crippen molar-refractivity contribution in [1.29, 1.82) is 5.26 Å². The summed E-state index contributed by atoms with van der Waals surface area (Å²) in [7, 11) is 1.69. The van der Waals surface area contributed by atoms with Crippen molar-refractivity contribution in [1.82, 2.24) is 4.90 Å². The molecule has 22 heavy (non-hydrogen) atoms. The molecule has 2 atom stereocenters. The monoisotopic (exact) mass is 325 g/mol. The molecule has 1 amide bonds. The van der Waals surface area contributed by atoms with Crippen molar-refractivity contribution in [3.63, 3.8) is 0 Å². The molecule has 108 valence electrons. The minimum Gasteiger partial charge on any atom is -0.549 e. The Hall–Kier alpha value is -1.33. The van der Waals surface area contributed by atoms with E-state index in [1.165, 1.54) is 24.3 Å². The normalized spacial score (nSPS) is 22.0. The van der Waals surface area contributed by atoms with Crippen LogP contribution in [0.25, 0.3) is 0 Å². The Morgan fingerprint density at radius 2 is 1.95 bits per heavy atom. The molecule has 0 saturated carbocycles. The standard InChI is InChI=1S/C14H13N3O3S.Na/c1-8-11(13(19)20)21-14(17(8)2)16-12(18)10-5-3-9(7-15)4-6-10;/h3-6,8,11H,1-2H3,(H,19,20);/q;+1/p-1. The van der Waals surface area contributed by atoms with E-state index >= 15 is 0 Å². The SMILES string of the molecule is CC1C(C(=O)[O-])SC(=NC(=O)c2ccc(C#N)cc2)N1C.[Na+]. The van der Waals surface area contributed by atoms with Crippen LogP contribution in [0.15, 0.2) is 29.3 Å². The third-order valence-electron chi connectivity index (χ3n) is 3.27. The first-order valence-electron chi connectivity index (χ1n) is 6.17. The van der Waals surface area contributed by atoms with E-state index in [1.54, 1.807) is 18.9 Å². The number of hydrogen-bond donors (Lipinski definition) is 0. The molecule has 8 heteroatoms. The number of nitriles is 1. The summed E-state index contributed by atoms with van der Waals surface area (Å²) in [5.41, 5.74) is 0.803. The fourth-order valence-corrected chi connectivity index (χ4v) is 3.03. The summed E-state index contributed by atoms with van der Waals surface area (Å²) in [6, 6.07) is 7.77. The predicted octanol–water partition coefficient (Wildman–Crippen LogP) is -2.76. The van der Waals surface area contributed by atoms with Crippen LogP contribution in [-0.4, -0.2) is 40.3 Å². The molecular formula is C14H12N3NaO3S. The van der Waals surface area contributed by atoms with Gasteiger partial charge in [-0.15, -0.1) is 0 Å². The molecule has 1 heterocycles. The van der Waals surface area contributed by atoms with Crippen molar-refractivity contribution in [2.24, 2.45) is 4.99 Å². The van der Waals surface area contributed by atoms with Gasteiger partial charge >= 0.3 is 29.6 Å². The zero-order valence-electron chi connectivity index (χ0n) is 12.4. The van der Waals surface area contributed by atoms with E-state index in [-0.39, 0.29) is 35.6 Å². The van der Waals surface area contributed by atoms with Crippen LogP contribution >= 0.6 is 11.8 Å². The average Bonchev–Trinajstić information content (AvgIpc) is 2.76. The van der Waals surface area contributed by atoms with Gasteiger partial charge in [0.05, 0.1) is 22.9 Å². The second kappa shape index (κ2) is 7.79. The van der Waals surface area contributed by atoms with Gasteiger partial charge in [0.15, 0.2) is 5.17 Å². The van der Waals surface area contributed by atoms with E-state index in [1.807, 2.05) is 6.07 Å². The predicted molar refractivity (Wildman–Crippen MR) is 76.5 cm³/mol. The zero-order valence-corrected chi connectivity index (χ0v) is 15.3. The van der Waals surface area contributed by atoms with Crippen molar-refractivity contribution in [2.45, 2.75) is 18.2 Å². The van der Waals surface area contributed by atoms with Crippen LogP contribution in [0.5, 0.6) is 0 Å². The number of hydrogen-bond acceptors (Lipinski definition) is 5. The third kappa shape index (κ3) is 3.90. The Morgan fingerprint density at radius 3 is 2.41 bits per heavy atom. The summed E-state index contributed by atoms with van der Waals surface area (Å²) >= 11 is 1.01. The van der Waals surface area contributed by atoms with Gasteiger partial charge in [0.1, 0.15) is 0 Å². The number of aliphatic carboxylic acids is 1. The minimum absolute atomic E-state index is 0. The van der Waals surface area contributed by atoms with Gasteiger partial charge in [-0.1, -0.05) is 11.8 Å². The smallest absolute Gasteiger partial charge is 0.549 e. The van der Waals surface area contributed by atoms with Crippen LogP contribution in [0.3, 0.4) is 0 Å². The quantitative estimate of drug-likeness (QED) is 0.547. The Morgan fingerprint density at radius 1 is 1.36 bits per heavy atom. The summed E-state index contributed by atoms with van der Waals surface area (Å²) < 4.78 is 0. The Bertz CT molecular complexity index is 654. The Balaban J connectivity index is 0.00000242. The van der Waals surface area contributed by atoms with Gasteiger partial charge in [-0.25, -0.2) is 0 Å². The summed E-state index contributed by atoms with van der Waals surface area (Å²) in [5.74, 6) is -1.64. The zero-order chi connectivity index (χ0) is 15.6. The summed E-state index contributed by atoms with van der Waals surface area (Å²) in [4.78, 5) is 28.7. The van der Waals surface area contributed by atoms with E-state index in [2.05, 4.69) is 4.99 Å². The van der Waals surface area contributed by atoms with Crippen molar-refractivity contribution >= 4 is 28.8 Å². The van der Waals surface area contributed by atoms with Crippen molar-refractivity contribution in [3.05, 3.63) is 35.4 Å². The van der Waals surface area contributed by atoms with E-state index in [0.717, 1.165) is 11.8 Å². The minimum atomic E-state index is -1.17. The van der Waals surface area contributed by atoms with Crippen LogP contribution in [0.4, 0.5) is 0 Å². The first kappa shape index (κ1) is 18.7. The molecule has 1 saturated heterocycles. The number of amidine groups is 1. The molecular weight excluding hydrogens is 313 g/mol. The topological polar surface area (TPSA) is 96.6 Å². The molecule has 0 spiro atoms. The Labute approximate surface area is 154 Å². The van der Waals surface area contributed by atoms with Gasteiger partial charge in [-0.2, -0.15) is 10.3 Å². The second-order valence-electron chi connectivity index (χ2n) is 4.60. The van der Waals surface area contributed by atoms with Crippen LogP contribution in [0.1, 0.15) is 22.8 Å². The molecule has 1 aromatic rings. The summed E-state index contributed by atoms with van der Waals surface area (Å²) in [5, 5.41) is 19.3. The number of aliphatic imine (C=N–C) groups is 1. The van der Waals surface area contributed by atoms with E-state index in [0.29, 0.717) is 16.3 Å². The number of benzene rings is 1. The molecule has 0 radical (unpaired) electrons. The number of carbonyl (C=O) groups excluding carboxylic acids is 2. The van der Waals surface area contributed by atoms with Crippen LogP contribution in [-0.2, 0) is 4.79 Å². The van der Waals surface area contributed by atoms with E-state index in [4.69, 9.17) is 5.26 Å². The molecule has 1 aliphatic rings. The van der Waals surface area contributed by atoms with E-state index in [9.17, 15) is 14.7 Å². The number of carboxylic acid groups (broad SMARTS) is 1. The first-order chi connectivity index (χ1) is 9.93. The summed E-state index contributed by atoms with van der Waals surface area (Å²) in [6.07, 6.45) is 0. The third-order valence-corrected chi connectivity index (χ3v) is 4.70. The van der Waals surface area contributed by atoms with Crippen molar-refractivity contribution in [2.75, 3.05) is 7.05 Å². The van der Waals surface area contributed by atoms with Crippen LogP contribution < -0.4 is 34.7 Å². The number of amides is 1. The van der Waals surface area contributed by atoms with Gasteiger partial charge < -0.3 is 14.8 Å². The largest absolute Gasteiger partial charge is 1.00 e. The van der Waals surface area contributed by atoms with E-state index < -0.39 is 17.1 Å². The molecule has 0 bridgehead atoms. The van der Waals surface area contributed by atoms with Crippen molar-refractivity contribution in [3.8, 4) is 6.07 Å². The van der Waals surface area contributed by atoms with Gasteiger partial charge in [0.25, 0.3) is 5.91 Å². The molecule has 6 nitrogen and oxygen atoms in total. The summed E-state index contributed by atoms with van der Waals surface area (Å²) in [6.45, 7) is 1.74. The molecule has 0 aromatic heterocycles. The van der Waals surface area contributed by atoms with Gasteiger partial charge in [0.2, 0.25) is 0 Å². The van der Waals surface area contributed by atoms with Gasteiger partial charge in [-0.05, 0) is 31.2 Å². The molecule has 2 unspecified atom stereocenters. The molecule has 0 N–H and O–H groups in total. The maximum absolute atomic E-state index is 12.1. The number of carboxylic acids is 1. The van der Waals surface area contributed by atoms with Crippen molar-refractivity contribution < 1.29 is 44.3 Å². The molecule has 1 fully saturated rings. The maximum atomic E-state index is 12.1. The molecule has 2 rings (SSSR count). The number of carbonyl (C=O) groups is 2.